The van der Waals surface area contributed by atoms with Crippen LogP contribution in [0.3, 0.4) is 0 Å². The smallest absolute Gasteiger partial charge is 0.136 e. The Balaban J connectivity index is 3.08. The van der Waals surface area contributed by atoms with Gasteiger partial charge in [-0.05, 0) is 5.92 Å². The second kappa shape index (κ2) is 2.07. The van der Waals surface area contributed by atoms with E-state index in [1.54, 1.807) is 6.07 Å². The first-order valence-corrected chi connectivity index (χ1v) is 2.35. The number of aromatic amines is 1. The summed E-state index contributed by atoms with van der Waals surface area (Å²) in [6.45, 7) is 0. The van der Waals surface area contributed by atoms with Gasteiger partial charge in [0.05, 0.1) is 0 Å². The maximum Gasteiger partial charge on any atom is 0.136 e. The van der Waals surface area contributed by atoms with Crippen molar-refractivity contribution < 1.29 is 0 Å². The van der Waals surface area contributed by atoms with Crippen molar-refractivity contribution in [2.75, 3.05) is 0 Å². The lowest BCUT2D eigenvalue weighted by molar-refractivity contribution is 1.06. The number of nitrogens with one attached hydrogen (secondary N) is 1. The van der Waals surface area contributed by atoms with Gasteiger partial charge < -0.3 is 0 Å². The zero-order chi connectivity index (χ0) is 6.69. The largest absolute Gasteiger partial charge is 0.269 e. The molecular formula is C7H4N2. The summed E-state index contributed by atoms with van der Waals surface area (Å²) < 4.78 is 0. The second-order valence-electron chi connectivity index (χ2n) is 1.46. The number of hydrogen-bond acceptors (Lipinski definition) is 1. The van der Waals surface area contributed by atoms with E-state index in [0.717, 1.165) is 0 Å². The molecule has 0 aromatic carbocycles. The van der Waals surface area contributed by atoms with Crippen LogP contribution in [0.25, 0.3) is 0 Å². The molecule has 0 aliphatic rings. The van der Waals surface area contributed by atoms with Gasteiger partial charge in [-0.15, -0.1) is 12.8 Å². The zero-order valence-electron chi connectivity index (χ0n) is 4.68. The molecule has 2 heteroatoms. The minimum absolute atomic E-state index is 0.544. The Kier molecular flexibility index (Phi) is 1.25. The van der Waals surface area contributed by atoms with Crippen LogP contribution in [0.2, 0.25) is 0 Å². The molecule has 1 aromatic heterocycles. The maximum atomic E-state index is 5.03. The van der Waals surface area contributed by atoms with Gasteiger partial charge in [-0.3, -0.25) is 5.10 Å². The van der Waals surface area contributed by atoms with E-state index in [1.165, 1.54) is 0 Å². The van der Waals surface area contributed by atoms with Gasteiger partial charge >= 0.3 is 0 Å². The first kappa shape index (κ1) is 5.47. The van der Waals surface area contributed by atoms with Gasteiger partial charge in [-0.25, -0.2) is 0 Å². The highest BCUT2D eigenvalue weighted by molar-refractivity contribution is 5.32. The molecule has 9 heavy (non-hydrogen) atoms. The van der Waals surface area contributed by atoms with E-state index in [4.69, 9.17) is 12.8 Å². The van der Waals surface area contributed by atoms with Crippen molar-refractivity contribution in [2.45, 2.75) is 0 Å². The zero-order valence-corrected chi connectivity index (χ0v) is 4.68. The van der Waals surface area contributed by atoms with Gasteiger partial charge in [0.1, 0.15) is 11.4 Å². The second-order valence-corrected chi connectivity index (χ2v) is 1.46. The minimum Gasteiger partial charge on any atom is -0.269 e. The minimum atomic E-state index is 0.544. The van der Waals surface area contributed by atoms with Crippen LogP contribution in [0, 0.1) is 24.7 Å². The molecule has 1 heterocycles. The summed E-state index contributed by atoms with van der Waals surface area (Å²) in [5.74, 6) is 4.71. The van der Waals surface area contributed by atoms with Crippen LogP contribution < -0.4 is 0 Å². The Morgan fingerprint density at radius 2 is 2.22 bits per heavy atom. The molecule has 0 atom stereocenters. The number of nitrogens with zero attached hydrogens (tertiary/aromatic N) is 1. The molecule has 0 aliphatic carbocycles. The number of rotatable bonds is 0. The highest BCUT2D eigenvalue weighted by atomic mass is 15.1. The van der Waals surface area contributed by atoms with Gasteiger partial charge in [-0.1, -0.05) is 5.92 Å². The molecule has 0 bridgehead atoms. The molecule has 0 aliphatic heterocycles. The predicted octanol–water partition coefficient (Wildman–Crippen LogP) is 0.372. The van der Waals surface area contributed by atoms with E-state index in [9.17, 15) is 0 Å². The predicted molar refractivity (Wildman–Crippen MR) is 34.5 cm³/mol. The third kappa shape index (κ3) is 0.925. The summed E-state index contributed by atoms with van der Waals surface area (Å²) in [5.41, 5.74) is 1.16. The molecule has 1 aromatic rings. The van der Waals surface area contributed by atoms with Crippen molar-refractivity contribution >= 4 is 0 Å². The van der Waals surface area contributed by atoms with E-state index in [-0.39, 0.29) is 0 Å². The molecule has 0 radical (unpaired) electrons. The number of H-pyrrole nitrogens is 1. The lowest BCUT2D eigenvalue weighted by Gasteiger charge is -1.68. The first-order chi connectivity index (χ1) is 4.36. The van der Waals surface area contributed by atoms with Crippen LogP contribution in [0.4, 0.5) is 0 Å². The average molecular weight is 116 g/mol. The van der Waals surface area contributed by atoms with Gasteiger partial charge in [-0.2, -0.15) is 5.10 Å². The number of terminal acetylenes is 2. The Hall–Kier alpha value is -1.67. The topological polar surface area (TPSA) is 28.7 Å². The van der Waals surface area contributed by atoms with E-state index < -0.39 is 0 Å². The van der Waals surface area contributed by atoms with E-state index >= 15 is 0 Å². The molecular weight excluding hydrogens is 112 g/mol. The SMILES string of the molecule is C#Cc1cc(C#C)[nH]n1. The third-order valence-electron chi connectivity index (χ3n) is 0.881. The van der Waals surface area contributed by atoms with Crippen molar-refractivity contribution in [3.63, 3.8) is 0 Å². The van der Waals surface area contributed by atoms with Crippen molar-refractivity contribution in [2.24, 2.45) is 0 Å². The monoisotopic (exact) mass is 116 g/mol. The van der Waals surface area contributed by atoms with Crippen LogP contribution in [0.15, 0.2) is 6.07 Å². The Bertz CT molecular complexity index is 254. The summed E-state index contributed by atoms with van der Waals surface area (Å²) in [7, 11) is 0. The lowest BCUT2D eigenvalue weighted by atomic mass is 10.4. The van der Waals surface area contributed by atoms with Crippen LogP contribution in [0.1, 0.15) is 11.4 Å². The molecule has 0 amide bonds. The summed E-state index contributed by atoms with van der Waals surface area (Å²) in [4.78, 5) is 0. The summed E-state index contributed by atoms with van der Waals surface area (Å²) in [5, 5.41) is 6.28. The number of hydrogen-bond donors (Lipinski definition) is 1. The first-order valence-electron chi connectivity index (χ1n) is 2.35. The third-order valence-corrected chi connectivity index (χ3v) is 0.881. The molecule has 0 saturated carbocycles. The molecule has 1 N–H and O–H groups in total. The van der Waals surface area contributed by atoms with Gasteiger partial charge in [0.2, 0.25) is 0 Å². The molecule has 0 spiro atoms. The van der Waals surface area contributed by atoms with E-state index in [0.29, 0.717) is 11.4 Å². The van der Waals surface area contributed by atoms with Crippen molar-refractivity contribution in [3.05, 3.63) is 17.5 Å². The molecule has 42 valence electrons. The normalized spacial score (nSPS) is 7.78. The van der Waals surface area contributed by atoms with Crippen LogP contribution in [-0.4, -0.2) is 10.2 Å². The van der Waals surface area contributed by atoms with E-state index in [1.807, 2.05) is 0 Å². The highest BCUT2D eigenvalue weighted by Gasteiger charge is 1.90. The Labute approximate surface area is 53.3 Å². The molecule has 1 rings (SSSR count). The van der Waals surface area contributed by atoms with Crippen molar-refractivity contribution in [3.8, 4) is 24.7 Å². The highest BCUT2D eigenvalue weighted by Crippen LogP contribution is 1.93. The van der Waals surface area contributed by atoms with Crippen LogP contribution in [0.5, 0.6) is 0 Å². The fourth-order valence-corrected chi connectivity index (χ4v) is 0.470. The molecule has 0 fully saturated rings. The molecule has 0 saturated heterocycles. The molecule has 2 nitrogen and oxygen atoms in total. The number of aromatic nitrogens is 2. The fourth-order valence-electron chi connectivity index (χ4n) is 0.470. The Morgan fingerprint density at radius 3 is 2.56 bits per heavy atom. The van der Waals surface area contributed by atoms with Crippen LogP contribution >= 0.6 is 0 Å². The van der Waals surface area contributed by atoms with Crippen molar-refractivity contribution in [1.82, 2.24) is 10.2 Å². The van der Waals surface area contributed by atoms with E-state index in [2.05, 4.69) is 22.0 Å². The van der Waals surface area contributed by atoms with Gasteiger partial charge in [0.25, 0.3) is 0 Å². The summed E-state index contributed by atoms with van der Waals surface area (Å²) in [6, 6.07) is 1.64. The lowest BCUT2D eigenvalue weighted by Crippen LogP contribution is -1.70. The molecule has 0 unspecified atom stereocenters. The quantitative estimate of drug-likeness (QED) is 0.487. The van der Waals surface area contributed by atoms with Gasteiger partial charge in [0.15, 0.2) is 0 Å². The summed E-state index contributed by atoms with van der Waals surface area (Å²) in [6.07, 6.45) is 10.0. The fraction of sp³-hybridized carbons (Fsp3) is 0. The summed E-state index contributed by atoms with van der Waals surface area (Å²) >= 11 is 0. The van der Waals surface area contributed by atoms with Crippen LogP contribution in [-0.2, 0) is 0 Å². The standard InChI is InChI=1S/C7H4N2/c1-3-6-5-7(4-2)9-8-6/h1-2,5H,(H,8,9). The Morgan fingerprint density at radius 1 is 1.44 bits per heavy atom. The van der Waals surface area contributed by atoms with Crippen molar-refractivity contribution in [1.29, 1.82) is 0 Å². The maximum absolute atomic E-state index is 5.03. The average Bonchev–Trinajstić information content (AvgIpc) is 2.34. The van der Waals surface area contributed by atoms with Gasteiger partial charge in [0, 0.05) is 6.07 Å².